The summed E-state index contributed by atoms with van der Waals surface area (Å²) in [4.78, 5) is 0. The second kappa shape index (κ2) is 7.48. The first-order valence-electron chi connectivity index (χ1n) is 8.17. The molecule has 1 aliphatic rings. The third kappa shape index (κ3) is 4.10. The van der Waals surface area contributed by atoms with Crippen LogP contribution in [0.15, 0.2) is 24.3 Å². The van der Waals surface area contributed by atoms with Crippen LogP contribution in [0.5, 0.6) is 0 Å². The average molecular weight is 269 g/mol. The van der Waals surface area contributed by atoms with E-state index < -0.39 is 0 Å². The van der Waals surface area contributed by atoms with E-state index in [-0.39, 0.29) is 0 Å². The van der Waals surface area contributed by atoms with E-state index in [0.29, 0.717) is 12.3 Å². The van der Waals surface area contributed by atoms with Gasteiger partial charge in [-0.3, -0.25) is 0 Å². The third-order valence-corrected chi connectivity index (χ3v) is 4.92. The molecule has 0 heterocycles. The molecule has 0 aliphatic heterocycles. The minimum atomic E-state index is 0.573. The van der Waals surface area contributed by atoms with Crippen molar-refractivity contribution < 1.29 is 0 Å². The quantitative estimate of drug-likeness (QED) is 0.622. The summed E-state index contributed by atoms with van der Waals surface area (Å²) in [6, 6.07) is 11.5. The average Bonchev–Trinajstić information content (AvgIpc) is 2.48. The van der Waals surface area contributed by atoms with Gasteiger partial charge in [0, 0.05) is 6.42 Å². The van der Waals surface area contributed by atoms with Gasteiger partial charge in [0.2, 0.25) is 0 Å². The molecule has 1 fully saturated rings. The van der Waals surface area contributed by atoms with Crippen molar-refractivity contribution in [3.05, 3.63) is 35.4 Å². The van der Waals surface area contributed by atoms with Crippen LogP contribution in [0.25, 0.3) is 0 Å². The molecule has 1 saturated carbocycles. The highest BCUT2D eigenvalue weighted by molar-refractivity contribution is 5.27. The van der Waals surface area contributed by atoms with Crippen LogP contribution < -0.4 is 0 Å². The molecule has 0 aromatic heterocycles. The molecule has 0 spiro atoms. The Labute approximate surface area is 124 Å². The number of hydrogen-bond acceptors (Lipinski definition) is 1. The van der Waals surface area contributed by atoms with Gasteiger partial charge in [0.05, 0.1) is 6.07 Å². The molecule has 0 saturated heterocycles. The van der Waals surface area contributed by atoms with Crippen LogP contribution in [0.4, 0.5) is 0 Å². The molecule has 1 aliphatic carbocycles. The molecule has 20 heavy (non-hydrogen) atoms. The predicted molar refractivity (Wildman–Crippen MR) is 84.7 cm³/mol. The van der Waals surface area contributed by atoms with Crippen molar-refractivity contribution in [3.63, 3.8) is 0 Å². The molecule has 1 heteroatoms. The first kappa shape index (κ1) is 15.1. The zero-order valence-corrected chi connectivity index (χ0v) is 12.9. The molecule has 2 rings (SSSR count). The van der Waals surface area contributed by atoms with Gasteiger partial charge in [-0.15, -0.1) is 0 Å². The van der Waals surface area contributed by atoms with Gasteiger partial charge in [0.1, 0.15) is 0 Å². The van der Waals surface area contributed by atoms with Crippen molar-refractivity contribution in [3.8, 4) is 6.07 Å². The first-order valence-corrected chi connectivity index (χ1v) is 8.17. The summed E-state index contributed by atoms with van der Waals surface area (Å²) in [6.07, 6.45) is 8.31. The zero-order chi connectivity index (χ0) is 14.4. The van der Waals surface area contributed by atoms with Crippen molar-refractivity contribution in [2.45, 2.75) is 70.6 Å². The van der Waals surface area contributed by atoms with Crippen molar-refractivity contribution in [1.82, 2.24) is 0 Å². The molecule has 108 valence electrons. The molecule has 0 radical (unpaired) electrons. The number of nitrogens with zero attached hydrogens (tertiary/aromatic N) is 1. The summed E-state index contributed by atoms with van der Waals surface area (Å²) in [5.41, 5.74) is 2.96. The fraction of sp³-hybridized carbons (Fsp3) is 0.632. The number of hydrogen-bond donors (Lipinski definition) is 0. The van der Waals surface area contributed by atoms with Crippen LogP contribution in [0, 0.1) is 17.2 Å². The maximum Gasteiger partial charge on any atom is 0.0621 e. The van der Waals surface area contributed by atoms with Crippen molar-refractivity contribution >= 4 is 0 Å². The molecular formula is C19H27N. The monoisotopic (exact) mass is 269 g/mol. The van der Waals surface area contributed by atoms with Crippen molar-refractivity contribution in [2.75, 3.05) is 0 Å². The minimum absolute atomic E-state index is 0.573. The lowest BCUT2D eigenvalue weighted by Gasteiger charge is -2.26. The van der Waals surface area contributed by atoms with Crippen LogP contribution in [0.2, 0.25) is 0 Å². The smallest absolute Gasteiger partial charge is 0.0621 e. The lowest BCUT2D eigenvalue weighted by molar-refractivity contribution is 0.348. The van der Waals surface area contributed by atoms with Gasteiger partial charge in [0.25, 0.3) is 0 Å². The van der Waals surface area contributed by atoms with Gasteiger partial charge in [-0.05, 0) is 54.6 Å². The Morgan fingerprint density at radius 1 is 1.15 bits per heavy atom. The Hall–Kier alpha value is -1.29. The van der Waals surface area contributed by atoms with E-state index in [1.807, 2.05) is 0 Å². The maximum absolute atomic E-state index is 8.60. The number of rotatable bonds is 5. The van der Waals surface area contributed by atoms with Gasteiger partial charge in [0.15, 0.2) is 0 Å². The van der Waals surface area contributed by atoms with E-state index in [4.69, 9.17) is 5.26 Å². The molecular weight excluding hydrogens is 242 g/mol. The molecule has 1 aromatic rings. The summed E-state index contributed by atoms with van der Waals surface area (Å²) < 4.78 is 0. The summed E-state index contributed by atoms with van der Waals surface area (Å²) in [5.74, 6) is 2.28. The number of nitriles is 1. The van der Waals surface area contributed by atoms with Gasteiger partial charge >= 0.3 is 0 Å². The topological polar surface area (TPSA) is 23.8 Å². The van der Waals surface area contributed by atoms with Crippen molar-refractivity contribution in [2.24, 2.45) is 5.92 Å². The van der Waals surface area contributed by atoms with Crippen molar-refractivity contribution in [1.29, 1.82) is 5.26 Å². The van der Waals surface area contributed by atoms with Crippen LogP contribution in [0.1, 0.15) is 81.8 Å². The van der Waals surface area contributed by atoms with Gasteiger partial charge < -0.3 is 0 Å². The van der Waals surface area contributed by atoms with E-state index in [9.17, 15) is 0 Å². The van der Waals surface area contributed by atoms with E-state index in [1.54, 1.807) is 0 Å². The normalized spacial score (nSPS) is 24.1. The molecule has 0 bridgehead atoms. The minimum Gasteiger partial charge on any atom is -0.198 e. The second-order valence-corrected chi connectivity index (χ2v) is 6.57. The Morgan fingerprint density at radius 2 is 1.80 bits per heavy atom. The third-order valence-electron chi connectivity index (χ3n) is 4.92. The lowest BCUT2D eigenvalue weighted by atomic mass is 9.79. The fourth-order valence-electron chi connectivity index (χ4n) is 3.34. The van der Waals surface area contributed by atoms with E-state index in [0.717, 1.165) is 24.7 Å². The molecule has 0 amide bonds. The first-order chi connectivity index (χ1) is 9.70. The highest BCUT2D eigenvalue weighted by atomic mass is 14.2. The summed E-state index contributed by atoms with van der Waals surface area (Å²) in [5, 5.41) is 8.60. The van der Waals surface area contributed by atoms with E-state index in [1.165, 1.54) is 36.8 Å². The Balaban J connectivity index is 1.91. The maximum atomic E-state index is 8.60. The summed E-state index contributed by atoms with van der Waals surface area (Å²) in [6.45, 7) is 4.65. The van der Waals surface area contributed by atoms with Crippen LogP contribution in [0.3, 0.4) is 0 Å². The van der Waals surface area contributed by atoms with Crippen LogP contribution >= 0.6 is 0 Å². The molecule has 0 N–H and O–H groups in total. The number of benzene rings is 1. The molecule has 1 nitrogen and oxygen atoms in total. The molecule has 1 aromatic carbocycles. The summed E-state index contributed by atoms with van der Waals surface area (Å²) >= 11 is 0. The SMILES string of the molecule is CC1CCC(c2ccc(C(C)CCCC#N)cc2)CC1. The Morgan fingerprint density at radius 3 is 2.40 bits per heavy atom. The van der Waals surface area contributed by atoms with Crippen LogP contribution in [-0.2, 0) is 0 Å². The van der Waals surface area contributed by atoms with Crippen LogP contribution in [-0.4, -0.2) is 0 Å². The largest absolute Gasteiger partial charge is 0.198 e. The lowest BCUT2D eigenvalue weighted by Crippen LogP contribution is -2.10. The van der Waals surface area contributed by atoms with Gasteiger partial charge in [-0.25, -0.2) is 0 Å². The molecule has 1 unspecified atom stereocenters. The Bertz CT molecular complexity index is 432. The standard InChI is InChI=1S/C19H27N/c1-15-6-8-18(9-7-15)19-12-10-17(11-13-19)16(2)5-3-4-14-20/h10-13,15-16,18H,3-9H2,1-2H3. The van der Waals surface area contributed by atoms with E-state index in [2.05, 4.69) is 44.2 Å². The fourth-order valence-corrected chi connectivity index (χ4v) is 3.34. The zero-order valence-electron chi connectivity index (χ0n) is 12.9. The van der Waals surface area contributed by atoms with Gasteiger partial charge in [-0.2, -0.15) is 5.26 Å². The highest BCUT2D eigenvalue weighted by Crippen LogP contribution is 2.36. The van der Waals surface area contributed by atoms with E-state index >= 15 is 0 Å². The van der Waals surface area contributed by atoms with Gasteiger partial charge in [-0.1, -0.05) is 51.0 Å². The highest BCUT2D eigenvalue weighted by Gasteiger charge is 2.19. The number of unbranched alkanes of at least 4 members (excludes halogenated alkanes) is 1. The second-order valence-electron chi connectivity index (χ2n) is 6.57. The molecule has 1 atom stereocenters. The Kier molecular flexibility index (Phi) is 5.65. The summed E-state index contributed by atoms with van der Waals surface area (Å²) in [7, 11) is 0. The predicted octanol–water partition coefficient (Wildman–Crippen LogP) is 5.78.